The highest BCUT2D eigenvalue weighted by atomic mass is 19.4. The van der Waals surface area contributed by atoms with Gasteiger partial charge in [0.1, 0.15) is 0 Å². The Morgan fingerprint density at radius 2 is 1.81 bits per heavy atom. The molecule has 0 saturated carbocycles. The zero-order chi connectivity index (χ0) is 11.6. The summed E-state index contributed by atoms with van der Waals surface area (Å²) in [5, 5.41) is 0. The van der Waals surface area contributed by atoms with Gasteiger partial charge < -0.3 is 0 Å². The van der Waals surface area contributed by atoms with E-state index in [4.69, 9.17) is 0 Å². The fourth-order valence-corrected chi connectivity index (χ4v) is 1.78. The molecule has 4 heteroatoms. The SMILES string of the molecule is FC(F)(F)C1=CCN(Cc2ccccc2)C1. The van der Waals surface area contributed by atoms with E-state index in [-0.39, 0.29) is 6.54 Å². The molecule has 0 radical (unpaired) electrons. The number of halogens is 3. The summed E-state index contributed by atoms with van der Waals surface area (Å²) >= 11 is 0. The van der Waals surface area contributed by atoms with Gasteiger partial charge in [-0.25, -0.2) is 0 Å². The van der Waals surface area contributed by atoms with Crippen molar-refractivity contribution in [3.8, 4) is 0 Å². The van der Waals surface area contributed by atoms with Gasteiger partial charge in [-0.15, -0.1) is 0 Å². The normalized spacial score (nSPS) is 17.6. The molecule has 2 rings (SSSR count). The molecule has 1 aromatic carbocycles. The lowest BCUT2D eigenvalue weighted by Gasteiger charge is -2.16. The molecular formula is C12H12F3N. The van der Waals surface area contributed by atoms with Crippen LogP contribution in [0.25, 0.3) is 0 Å². The Morgan fingerprint density at radius 1 is 1.12 bits per heavy atom. The topological polar surface area (TPSA) is 3.24 Å². The molecule has 0 aliphatic carbocycles. The zero-order valence-electron chi connectivity index (χ0n) is 8.67. The number of alkyl halides is 3. The Kier molecular flexibility index (Phi) is 3.01. The highest BCUT2D eigenvalue weighted by Crippen LogP contribution is 2.29. The van der Waals surface area contributed by atoms with E-state index in [1.165, 1.54) is 6.08 Å². The molecule has 0 amide bonds. The molecule has 0 unspecified atom stereocenters. The average molecular weight is 227 g/mol. The van der Waals surface area contributed by atoms with Crippen LogP contribution in [0.2, 0.25) is 0 Å². The summed E-state index contributed by atoms with van der Waals surface area (Å²) in [6.07, 6.45) is -2.91. The van der Waals surface area contributed by atoms with Crippen molar-refractivity contribution in [3.05, 3.63) is 47.5 Å². The van der Waals surface area contributed by atoms with Crippen LogP contribution in [0.5, 0.6) is 0 Å². The van der Waals surface area contributed by atoms with Crippen molar-refractivity contribution in [1.82, 2.24) is 4.90 Å². The van der Waals surface area contributed by atoms with E-state index in [0.29, 0.717) is 13.1 Å². The molecule has 1 aromatic rings. The second kappa shape index (κ2) is 4.29. The summed E-state index contributed by atoms with van der Waals surface area (Å²) in [5.74, 6) is 0. The third-order valence-electron chi connectivity index (χ3n) is 2.60. The largest absolute Gasteiger partial charge is 0.413 e. The van der Waals surface area contributed by atoms with E-state index >= 15 is 0 Å². The predicted octanol–water partition coefficient (Wildman–Crippen LogP) is 2.99. The molecule has 1 heterocycles. The van der Waals surface area contributed by atoms with Crippen molar-refractivity contribution in [2.24, 2.45) is 0 Å². The Balaban J connectivity index is 1.93. The third-order valence-corrected chi connectivity index (χ3v) is 2.60. The van der Waals surface area contributed by atoms with Gasteiger partial charge in [-0.05, 0) is 5.56 Å². The Labute approximate surface area is 92.2 Å². The second-order valence-corrected chi connectivity index (χ2v) is 3.88. The molecular weight excluding hydrogens is 215 g/mol. The molecule has 0 atom stereocenters. The number of hydrogen-bond donors (Lipinski definition) is 0. The van der Waals surface area contributed by atoms with Gasteiger partial charge in [-0.2, -0.15) is 13.2 Å². The number of hydrogen-bond acceptors (Lipinski definition) is 1. The minimum Gasteiger partial charge on any atom is -0.291 e. The van der Waals surface area contributed by atoms with E-state index in [2.05, 4.69) is 0 Å². The van der Waals surface area contributed by atoms with Crippen molar-refractivity contribution >= 4 is 0 Å². The maximum atomic E-state index is 12.4. The number of benzene rings is 1. The van der Waals surface area contributed by atoms with Crippen LogP contribution in [-0.2, 0) is 6.54 Å². The first-order valence-electron chi connectivity index (χ1n) is 5.08. The number of nitrogens with zero attached hydrogens (tertiary/aromatic N) is 1. The van der Waals surface area contributed by atoms with Gasteiger partial charge in [0.05, 0.1) is 0 Å². The molecule has 0 spiro atoms. The van der Waals surface area contributed by atoms with E-state index < -0.39 is 11.7 Å². The Hall–Kier alpha value is -1.29. The summed E-state index contributed by atoms with van der Waals surface area (Å²) in [6, 6.07) is 9.52. The standard InChI is InChI=1S/C12H12F3N/c13-12(14,15)11-6-7-16(9-11)8-10-4-2-1-3-5-10/h1-6H,7-9H2. The van der Waals surface area contributed by atoms with E-state index in [9.17, 15) is 13.2 Å². The third kappa shape index (κ3) is 2.64. The summed E-state index contributed by atoms with van der Waals surface area (Å²) in [5.41, 5.74) is 0.614. The monoisotopic (exact) mass is 227 g/mol. The first-order valence-corrected chi connectivity index (χ1v) is 5.08. The van der Waals surface area contributed by atoms with Gasteiger partial charge in [-0.3, -0.25) is 4.90 Å². The van der Waals surface area contributed by atoms with Crippen LogP contribution in [0.4, 0.5) is 13.2 Å². The quantitative estimate of drug-likeness (QED) is 0.702. The van der Waals surface area contributed by atoms with Crippen LogP contribution in [-0.4, -0.2) is 24.2 Å². The van der Waals surface area contributed by atoms with Crippen molar-refractivity contribution in [2.75, 3.05) is 13.1 Å². The first-order chi connectivity index (χ1) is 7.55. The van der Waals surface area contributed by atoms with Crippen LogP contribution < -0.4 is 0 Å². The van der Waals surface area contributed by atoms with E-state index in [0.717, 1.165) is 5.56 Å². The predicted molar refractivity (Wildman–Crippen MR) is 55.9 cm³/mol. The lowest BCUT2D eigenvalue weighted by Crippen LogP contribution is -2.23. The molecule has 0 N–H and O–H groups in total. The molecule has 1 aliphatic rings. The highest BCUT2D eigenvalue weighted by molar-refractivity contribution is 5.20. The van der Waals surface area contributed by atoms with Crippen molar-refractivity contribution in [1.29, 1.82) is 0 Å². The summed E-state index contributed by atoms with van der Waals surface area (Å²) in [4.78, 5) is 1.78. The van der Waals surface area contributed by atoms with Crippen molar-refractivity contribution in [3.63, 3.8) is 0 Å². The summed E-state index contributed by atoms with van der Waals surface area (Å²) < 4.78 is 37.1. The highest BCUT2D eigenvalue weighted by Gasteiger charge is 2.36. The van der Waals surface area contributed by atoms with Gasteiger partial charge in [0, 0.05) is 25.2 Å². The van der Waals surface area contributed by atoms with Gasteiger partial charge in [0.2, 0.25) is 0 Å². The number of rotatable bonds is 2. The van der Waals surface area contributed by atoms with Crippen LogP contribution in [0, 0.1) is 0 Å². The summed E-state index contributed by atoms with van der Waals surface area (Å²) in [6.45, 7) is 0.944. The fourth-order valence-electron chi connectivity index (χ4n) is 1.78. The van der Waals surface area contributed by atoms with Crippen LogP contribution in [0.15, 0.2) is 42.0 Å². The molecule has 1 nitrogen and oxygen atoms in total. The molecule has 16 heavy (non-hydrogen) atoms. The maximum Gasteiger partial charge on any atom is 0.413 e. The molecule has 0 bridgehead atoms. The first kappa shape index (κ1) is 11.2. The smallest absolute Gasteiger partial charge is 0.291 e. The fraction of sp³-hybridized carbons (Fsp3) is 0.333. The molecule has 0 saturated heterocycles. The lowest BCUT2D eigenvalue weighted by atomic mass is 10.2. The average Bonchev–Trinajstić information content (AvgIpc) is 2.67. The summed E-state index contributed by atoms with van der Waals surface area (Å²) in [7, 11) is 0. The van der Waals surface area contributed by atoms with Crippen molar-refractivity contribution < 1.29 is 13.2 Å². The Morgan fingerprint density at radius 3 is 2.38 bits per heavy atom. The van der Waals surface area contributed by atoms with Gasteiger partial charge in [0.15, 0.2) is 0 Å². The Bertz CT molecular complexity index is 381. The van der Waals surface area contributed by atoms with Crippen molar-refractivity contribution in [2.45, 2.75) is 12.7 Å². The van der Waals surface area contributed by atoms with Gasteiger partial charge >= 0.3 is 6.18 Å². The van der Waals surface area contributed by atoms with Gasteiger partial charge in [-0.1, -0.05) is 36.4 Å². The second-order valence-electron chi connectivity index (χ2n) is 3.88. The van der Waals surface area contributed by atoms with E-state index in [1.807, 2.05) is 30.3 Å². The maximum absolute atomic E-state index is 12.4. The minimum atomic E-state index is -4.18. The molecule has 1 aliphatic heterocycles. The van der Waals surface area contributed by atoms with Gasteiger partial charge in [0.25, 0.3) is 0 Å². The van der Waals surface area contributed by atoms with Crippen LogP contribution in [0.1, 0.15) is 5.56 Å². The molecule has 0 aromatic heterocycles. The zero-order valence-corrected chi connectivity index (χ0v) is 8.67. The van der Waals surface area contributed by atoms with Crippen LogP contribution in [0.3, 0.4) is 0 Å². The van der Waals surface area contributed by atoms with Crippen LogP contribution >= 0.6 is 0 Å². The van der Waals surface area contributed by atoms with E-state index in [1.54, 1.807) is 4.90 Å². The molecule has 86 valence electrons. The lowest BCUT2D eigenvalue weighted by molar-refractivity contribution is -0.0936. The molecule has 0 fully saturated rings. The minimum absolute atomic E-state index is 0.00159.